The summed E-state index contributed by atoms with van der Waals surface area (Å²) in [6, 6.07) is 7.02. The van der Waals surface area contributed by atoms with Gasteiger partial charge in [-0.1, -0.05) is 23.7 Å². The van der Waals surface area contributed by atoms with Crippen LogP contribution in [0.3, 0.4) is 0 Å². The minimum atomic E-state index is -3.70. The van der Waals surface area contributed by atoms with Crippen LogP contribution in [0.15, 0.2) is 30.5 Å². The lowest BCUT2D eigenvalue weighted by Gasteiger charge is -2.32. The monoisotopic (exact) mass is 512 g/mol. The van der Waals surface area contributed by atoms with E-state index in [4.69, 9.17) is 21.1 Å². The van der Waals surface area contributed by atoms with Gasteiger partial charge in [0.1, 0.15) is 10.4 Å². The second-order valence-electron chi connectivity index (χ2n) is 8.64. The molecule has 0 aliphatic heterocycles. The Kier molecular flexibility index (Phi) is 8.02. The van der Waals surface area contributed by atoms with Gasteiger partial charge in [0.2, 0.25) is 0 Å². The highest BCUT2D eigenvalue weighted by Crippen LogP contribution is 2.48. The van der Waals surface area contributed by atoms with E-state index < -0.39 is 31.1 Å². The van der Waals surface area contributed by atoms with Gasteiger partial charge in [0.15, 0.2) is 15.7 Å². The van der Waals surface area contributed by atoms with E-state index in [2.05, 4.69) is 20.6 Å². The van der Waals surface area contributed by atoms with Crippen molar-refractivity contribution in [2.24, 2.45) is 0 Å². The van der Waals surface area contributed by atoms with Crippen LogP contribution in [0.1, 0.15) is 46.4 Å². The number of nitrogens with zero attached hydrogens (tertiary/aromatic N) is 1. The van der Waals surface area contributed by atoms with Crippen LogP contribution < -0.4 is 10.6 Å². The summed E-state index contributed by atoms with van der Waals surface area (Å²) in [7, 11) is -0.825. The number of carbonyl (C=O) groups is 2. The van der Waals surface area contributed by atoms with Crippen molar-refractivity contribution in [3.63, 3.8) is 0 Å². The summed E-state index contributed by atoms with van der Waals surface area (Å²) >= 11 is 5.85. The molecule has 2 aromatic rings. The molecule has 1 aromatic carbocycles. The number of aromatic amines is 1. The van der Waals surface area contributed by atoms with Crippen molar-refractivity contribution in [3.8, 4) is 0 Å². The first kappa shape index (κ1) is 26.1. The minimum absolute atomic E-state index is 0.0199. The Balaban J connectivity index is 1.60. The third-order valence-electron chi connectivity index (χ3n) is 5.90. The summed E-state index contributed by atoms with van der Waals surface area (Å²) in [6.45, 7) is 1.75. The Bertz CT molecular complexity index is 1120. The Hall–Kier alpha value is -2.47. The van der Waals surface area contributed by atoms with Crippen molar-refractivity contribution in [2.45, 2.75) is 35.8 Å². The lowest BCUT2D eigenvalue weighted by molar-refractivity contribution is 0.0941. The molecule has 1 aromatic heterocycles. The molecule has 12 heteroatoms. The van der Waals surface area contributed by atoms with E-state index in [1.807, 2.05) is 0 Å². The molecule has 0 spiro atoms. The van der Waals surface area contributed by atoms with E-state index in [0.29, 0.717) is 17.9 Å². The number of carbonyl (C=O) groups excluding carboxylic acids is 2. The number of hydrogen-bond acceptors (Lipinski definition) is 7. The van der Waals surface area contributed by atoms with Crippen LogP contribution in [0.5, 0.6) is 0 Å². The SMILES string of the molecule is COCC(C)(COC)S(=O)(=O)C1(CNC(=O)c2cnc(C(=O)NCc3ccc(Cl)cc3)[nH]2)CC1. The first-order chi connectivity index (χ1) is 16.1. The highest BCUT2D eigenvalue weighted by molar-refractivity contribution is 7.94. The Morgan fingerprint density at radius 3 is 2.29 bits per heavy atom. The van der Waals surface area contributed by atoms with Crippen molar-refractivity contribution in [3.05, 3.63) is 52.6 Å². The number of benzene rings is 1. The zero-order valence-corrected chi connectivity index (χ0v) is 20.9. The van der Waals surface area contributed by atoms with Crippen LogP contribution in [0, 0.1) is 0 Å². The maximum Gasteiger partial charge on any atom is 0.287 e. The molecule has 3 rings (SSSR count). The van der Waals surface area contributed by atoms with Crippen molar-refractivity contribution < 1.29 is 27.5 Å². The van der Waals surface area contributed by atoms with Gasteiger partial charge in [-0.2, -0.15) is 0 Å². The summed E-state index contributed by atoms with van der Waals surface area (Å²) in [6.07, 6.45) is 2.10. The average molecular weight is 513 g/mol. The number of ether oxygens (including phenoxy) is 2. The quantitative estimate of drug-likeness (QED) is 0.393. The van der Waals surface area contributed by atoms with Gasteiger partial charge in [-0.3, -0.25) is 9.59 Å². The number of halogens is 1. The Morgan fingerprint density at radius 2 is 1.74 bits per heavy atom. The molecule has 10 nitrogen and oxygen atoms in total. The number of amides is 2. The molecule has 0 atom stereocenters. The van der Waals surface area contributed by atoms with Crippen molar-refractivity contribution in [1.29, 1.82) is 0 Å². The number of H-pyrrole nitrogens is 1. The molecular weight excluding hydrogens is 484 g/mol. The molecular formula is C22H29ClN4O6S. The van der Waals surface area contributed by atoms with Crippen molar-refractivity contribution >= 4 is 33.3 Å². The standard InChI is InChI=1S/C22H29ClN4O6S/c1-21(13-32-2,14-33-3)34(30,31)22(8-9-22)12-26-19(28)17-11-24-18(27-17)20(29)25-10-15-4-6-16(23)7-5-15/h4-7,11H,8-10,12-14H2,1-3H3,(H,24,27)(H,25,29)(H,26,28). The average Bonchev–Trinajstić information content (AvgIpc) is 3.45. The summed E-state index contributed by atoms with van der Waals surface area (Å²) in [5.41, 5.74) is 0.911. The van der Waals surface area contributed by atoms with Gasteiger partial charge in [0, 0.05) is 32.3 Å². The molecule has 1 aliphatic rings. The summed E-state index contributed by atoms with van der Waals surface area (Å²) in [4.78, 5) is 31.6. The normalized spacial score (nSPS) is 15.1. The smallest absolute Gasteiger partial charge is 0.287 e. The number of rotatable bonds is 12. The number of hydrogen-bond donors (Lipinski definition) is 3. The second kappa shape index (κ2) is 10.4. The number of nitrogens with one attached hydrogen (secondary N) is 3. The van der Waals surface area contributed by atoms with Crippen LogP contribution in [-0.4, -0.2) is 73.7 Å². The summed E-state index contributed by atoms with van der Waals surface area (Å²) < 4.78 is 34.7. The number of aromatic nitrogens is 2. The molecule has 0 saturated heterocycles. The fraction of sp³-hybridized carbons (Fsp3) is 0.500. The highest BCUT2D eigenvalue weighted by atomic mass is 35.5. The third-order valence-corrected chi connectivity index (χ3v) is 9.38. The van der Waals surface area contributed by atoms with Gasteiger partial charge in [-0.15, -0.1) is 0 Å². The van der Waals surface area contributed by atoms with Crippen LogP contribution in [0.4, 0.5) is 0 Å². The van der Waals surface area contributed by atoms with Crippen LogP contribution in [0.25, 0.3) is 0 Å². The summed E-state index contributed by atoms with van der Waals surface area (Å²) in [5, 5.41) is 5.96. The molecule has 0 unspecified atom stereocenters. The molecule has 1 aliphatic carbocycles. The molecule has 1 fully saturated rings. The number of imidazole rings is 1. The van der Waals surface area contributed by atoms with Crippen LogP contribution >= 0.6 is 11.6 Å². The predicted octanol–water partition coefficient (Wildman–Crippen LogP) is 1.72. The fourth-order valence-corrected chi connectivity index (χ4v) is 6.39. The largest absolute Gasteiger partial charge is 0.383 e. The van der Waals surface area contributed by atoms with Gasteiger partial charge < -0.3 is 25.1 Å². The van der Waals surface area contributed by atoms with Gasteiger partial charge in [0.05, 0.1) is 24.2 Å². The highest BCUT2D eigenvalue weighted by Gasteiger charge is 2.61. The van der Waals surface area contributed by atoms with Gasteiger partial charge >= 0.3 is 0 Å². The zero-order chi connectivity index (χ0) is 25.0. The lowest BCUT2D eigenvalue weighted by atomic mass is 10.2. The molecule has 34 heavy (non-hydrogen) atoms. The first-order valence-electron chi connectivity index (χ1n) is 10.7. The van der Waals surface area contributed by atoms with Crippen molar-refractivity contribution in [1.82, 2.24) is 20.6 Å². The molecule has 1 heterocycles. The van der Waals surface area contributed by atoms with E-state index in [9.17, 15) is 18.0 Å². The van der Waals surface area contributed by atoms with Crippen LogP contribution in [-0.2, 0) is 25.9 Å². The molecule has 3 N–H and O–H groups in total. The molecule has 0 radical (unpaired) electrons. The Labute approximate surface area is 203 Å². The van der Waals surface area contributed by atoms with E-state index in [1.165, 1.54) is 20.4 Å². The second-order valence-corrected chi connectivity index (χ2v) is 11.9. The molecule has 0 bridgehead atoms. The lowest BCUT2D eigenvalue weighted by Crippen LogP contribution is -2.53. The zero-order valence-electron chi connectivity index (χ0n) is 19.3. The first-order valence-corrected chi connectivity index (χ1v) is 12.5. The van der Waals surface area contributed by atoms with Crippen molar-refractivity contribution in [2.75, 3.05) is 34.0 Å². The van der Waals surface area contributed by atoms with E-state index >= 15 is 0 Å². The van der Waals surface area contributed by atoms with E-state index in [1.54, 1.807) is 31.2 Å². The van der Waals surface area contributed by atoms with E-state index in [-0.39, 0.29) is 37.8 Å². The maximum absolute atomic E-state index is 13.4. The molecule has 1 saturated carbocycles. The van der Waals surface area contributed by atoms with Gasteiger partial charge in [-0.25, -0.2) is 13.4 Å². The number of methoxy groups -OCH3 is 2. The topological polar surface area (TPSA) is 139 Å². The van der Waals surface area contributed by atoms with Gasteiger partial charge in [0.25, 0.3) is 11.8 Å². The fourth-order valence-electron chi connectivity index (χ4n) is 3.77. The van der Waals surface area contributed by atoms with E-state index in [0.717, 1.165) is 5.56 Å². The Morgan fingerprint density at radius 1 is 1.12 bits per heavy atom. The maximum atomic E-state index is 13.4. The molecule has 186 valence electrons. The summed E-state index contributed by atoms with van der Waals surface area (Å²) in [5.74, 6) is -1.06. The number of sulfone groups is 1. The van der Waals surface area contributed by atoms with Crippen LogP contribution in [0.2, 0.25) is 5.02 Å². The third kappa shape index (κ3) is 5.43. The molecule has 2 amide bonds. The van der Waals surface area contributed by atoms with Gasteiger partial charge in [-0.05, 0) is 37.5 Å². The minimum Gasteiger partial charge on any atom is -0.383 e. The predicted molar refractivity (Wildman–Crippen MR) is 127 cm³/mol.